The third-order valence-electron chi connectivity index (χ3n) is 4.33. The highest BCUT2D eigenvalue weighted by molar-refractivity contribution is 5.97. The predicted molar refractivity (Wildman–Crippen MR) is 100 cm³/mol. The Bertz CT molecular complexity index is 828. The first kappa shape index (κ1) is 18.9. The summed E-state index contributed by atoms with van der Waals surface area (Å²) in [6.07, 6.45) is 1.78. The van der Waals surface area contributed by atoms with Crippen molar-refractivity contribution >= 4 is 11.9 Å². The Hall–Kier alpha value is -2.83. The van der Waals surface area contributed by atoms with Gasteiger partial charge in [-0.2, -0.15) is 0 Å². The van der Waals surface area contributed by atoms with Crippen LogP contribution >= 0.6 is 0 Å². The zero-order valence-electron chi connectivity index (χ0n) is 15.3. The summed E-state index contributed by atoms with van der Waals surface area (Å²) in [5.74, 6) is 0.670. The number of benzene rings is 2. The lowest BCUT2D eigenvalue weighted by Gasteiger charge is -2.16. The van der Waals surface area contributed by atoms with Crippen LogP contribution in [0.2, 0.25) is 0 Å². The van der Waals surface area contributed by atoms with Gasteiger partial charge in [0.1, 0.15) is 17.3 Å². The monoisotopic (exact) mass is 370 g/mol. The molecule has 0 saturated carbocycles. The minimum Gasteiger partial charge on any atom is -0.512 e. The fraction of sp³-hybridized carbons (Fsp3) is 0.286. The van der Waals surface area contributed by atoms with Crippen molar-refractivity contribution in [2.75, 3.05) is 27.8 Å². The summed E-state index contributed by atoms with van der Waals surface area (Å²) in [5, 5.41) is 10.5. The van der Waals surface area contributed by atoms with Gasteiger partial charge in [-0.3, -0.25) is 4.79 Å². The second-order valence-electron chi connectivity index (χ2n) is 6.14. The molecule has 1 aliphatic rings. The van der Waals surface area contributed by atoms with Gasteiger partial charge in [-0.1, -0.05) is 30.3 Å². The van der Waals surface area contributed by atoms with Crippen LogP contribution in [-0.2, 0) is 9.47 Å². The molecule has 0 fully saturated rings. The molecule has 2 aromatic rings. The molecule has 1 aliphatic carbocycles. The third-order valence-corrected chi connectivity index (χ3v) is 4.33. The second-order valence-corrected chi connectivity index (χ2v) is 6.14. The number of hydrogen-bond donors (Lipinski definition) is 1. The zero-order chi connectivity index (χ0) is 19.2. The highest BCUT2D eigenvalue weighted by atomic mass is 16.7. The summed E-state index contributed by atoms with van der Waals surface area (Å²) < 4.78 is 21.1. The number of aliphatic hydroxyl groups is 1. The fourth-order valence-corrected chi connectivity index (χ4v) is 3.07. The van der Waals surface area contributed by atoms with Gasteiger partial charge in [0.15, 0.2) is 19.4 Å². The van der Waals surface area contributed by atoms with Crippen molar-refractivity contribution in [1.82, 2.24) is 0 Å². The van der Waals surface area contributed by atoms with Crippen LogP contribution in [0.1, 0.15) is 33.8 Å². The first-order valence-corrected chi connectivity index (χ1v) is 8.54. The largest absolute Gasteiger partial charge is 0.512 e. The lowest BCUT2D eigenvalue weighted by molar-refractivity contribution is 0.0458. The number of Topliss-reactive ketones (excluding diaryl/α,β-unsaturated/α-hetero) is 1. The summed E-state index contributed by atoms with van der Waals surface area (Å²) in [4.78, 5) is 12.6. The van der Waals surface area contributed by atoms with E-state index < -0.39 is 5.92 Å². The minimum absolute atomic E-state index is 0.0454. The quantitative estimate of drug-likeness (QED) is 0.533. The van der Waals surface area contributed by atoms with Crippen molar-refractivity contribution < 1.29 is 28.8 Å². The van der Waals surface area contributed by atoms with Gasteiger partial charge in [0.05, 0.1) is 0 Å². The Labute approximate surface area is 157 Å². The number of allylic oxidation sites excluding steroid dienone is 1. The molecule has 0 saturated heterocycles. The van der Waals surface area contributed by atoms with Gasteiger partial charge in [-0.25, -0.2) is 0 Å². The van der Waals surface area contributed by atoms with Crippen LogP contribution in [0.5, 0.6) is 11.5 Å². The molecule has 0 radical (unpaired) electrons. The number of ketones is 1. The molecule has 142 valence electrons. The van der Waals surface area contributed by atoms with E-state index in [0.717, 1.165) is 11.1 Å². The Morgan fingerprint density at radius 1 is 1.04 bits per heavy atom. The molecule has 1 unspecified atom stereocenters. The smallest absolute Gasteiger partial charge is 0.188 e. The molecular weight excluding hydrogens is 348 g/mol. The molecule has 0 spiro atoms. The topological polar surface area (TPSA) is 74.2 Å². The summed E-state index contributed by atoms with van der Waals surface area (Å²) >= 11 is 0. The van der Waals surface area contributed by atoms with E-state index in [4.69, 9.17) is 18.9 Å². The van der Waals surface area contributed by atoms with Gasteiger partial charge in [0, 0.05) is 43.8 Å². The number of methoxy groups -OCH3 is 2. The van der Waals surface area contributed by atoms with Crippen LogP contribution in [0.25, 0.3) is 6.08 Å². The molecule has 0 heterocycles. The molecule has 1 N–H and O–H groups in total. The van der Waals surface area contributed by atoms with Gasteiger partial charge >= 0.3 is 0 Å². The van der Waals surface area contributed by atoms with Gasteiger partial charge in [0.25, 0.3) is 0 Å². The zero-order valence-corrected chi connectivity index (χ0v) is 15.3. The molecule has 0 amide bonds. The number of carbonyl (C=O) groups is 1. The lowest BCUT2D eigenvalue weighted by atomic mass is 9.92. The number of carbonyl (C=O) groups excluding carboxylic acids is 1. The molecule has 6 nitrogen and oxygen atoms in total. The van der Waals surface area contributed by atoms with E-state index in [1.807, 2.05) is 18.2 Å². The van der Waals surface area contributed by atoms with Gasteiger partial charge in [-0.05, 0) is 17.7 Å². The molecule has 27 heavy (non-hydrogen) atoms. The summed E-state index contributed by atoms with van der Waals surface area (Å²) in [7, 11) is 3.06. The van der Waals surface area contributed by atoms with Crippen molar-refractivity contribution in [3.8, 4) is 11.5 Å². The van der Waals surface area contributed by atoms with E-state index in [-0.39, 0.29) is 31.5 Å². The second kappa shape index (κ2) is 8.70. The third kappa shape index (κ3) is 4.30. The Balaban J connectivity index is 1.91. The summed E-state index contributed by atoms with van der Waals surface area (Å²) in [6, 6.07) is 12.5. The molecule has 1 atom stereocenters. The fourth-order valence-electron chi connectivity index (χ4n) is 3.07. The highest BCUT2D eigenvalue weighted by Crippen LogP contribution is 2.44. The van der Waals surface area contributed by atoms with Crippen LogP contribution in [-0.4, -0.2) is 38.7 Å². The number of rotatable bonds is 9. The standard InChI is InChI=1S/C21H22O6/c1-24-12-26-15-8-16-17(10-19(22)14-6-4-3-5-7-14)20(23)11-18(16)21(9-15)27-13-25-2/h3-9,11,17,23H,10,12-13H2,1-2H3. The van der Waals surface area contributed by atoms with E-state index in [9.17, 15) is 9.90 Å². The number of hydrogen-bond acceptors (Lipinski definition) is 6. The van der Waals surface area contributed by atoms with Gasteiger partial charge in [0.2, 0.25) is 0 Å². The van der Waals surface area contributed by atoms with Crippen LogP contribution in [0, 0.1) is 0 Å². The number of aliphatic hydroxyl groups excluding tert-OH is 1. The molecule has 0 bridgehead atoms. The summed E-state index contributed by atoms with van der Waals surface area (Å²) in [5.41, 5.74) is 2.11. The van der Waals surface area contributed by atoms with Gasteiger partial charge in [-0.15, -0.1) is 0 Å². The molecule has 3 rings (SSSR count). The average molecular weight is 370 g/mol. The van der Waals surface area contributed by atoms with Crippen LogP contribution in [0.4, 0.5) is 0 Å². The first-order valence-electron chi connectivity index (χ1n) is 8.54. The first-order chi connectivity index (χ1) is 13.1. The minimum atomic E-state index is -0.455. The maximum Gasteiger partial charge on any atom is 0.188 e. The maximum atomic E-state index is 12.6. The van der Waals surface area contributed by atoms with E-state index in [2.05, 4.69) is 0 Å². The van der Waals surface area contributed by atoms with Crippen molar-refractivity contribution in [3.05, 3.63) is 64.9 Å². The summed E-state index contributed by atoms with van der Waals surface area (Å²) in [6.45, 7) is 0.137. The van der Waals surface area contributed by atoms with Crippen LogP contribution in [0.15, 0.2) is 48.2 Å². The van der Waals surface area contributed by atoms with E-state index in [1.165, 1.54) is 14.2 Å². The van der Waals surface area contributed by atoms with Gasteiger partial charge < -0.3 is 24.1 Å². The van der Waals surface area contributed by atoms with Crippen molar-refractivity contribution in [2.24, 2.45) is 0 Å². The number of fused-ring (bicyclic) bond motifs is 1. The Morgan fingerprint density at radius 3 is 2.44 bits per heavy atom. The normalized spacial score (nSPS) is 15.2. The van der Waals surface area contributed by atoms with E-state index in [1.54, 1.807) is 30.3 Å². The SMILES string of the molecule is COCOc1cc(OCOC)c2c(c1)C(CC(=O)c1ccccc1)C(O)=C2. The van der Waals surface area contributed by atoms with E-state index >= 15 is 0 Å². The molecule has 0 aromatic heterocycles. The maximum absolute atomic E-state index is 12.6. The van der Waals surface area contributed by atoms with Crippen LogP contribution < -0.4 is 9.47 Å². The predicted octanol–water partition coefficient (Wildman–Crippen LogP) is 3.92. The highest BCUT2D eigenvalue weighted by Gasteiger charge is 2.31. The molecule has 6 heteroatoms. The van der Waals surface area contributed by atoms with Crippen molar-refractivity contribution in [2.45, 2.75) is 12.3 Å². The Kier molecular flexibility index (Phi) is 6.11. The molecule has 2 aromatic carbocycles. The number of ether oxygens (including phenoxy) is 4. The lowest BCUT2D eigenvalue weighted by Crippen LogP contribution is -2.09. The van der Waals surface area contributed by atoms with E-state index in [0.29, 0.717) is 17.1 Å². The van der Waals surface area contributed by atoms with Crippen molar-refractivity contribution in [3.63, 3.8) is 0 Å². The van der Waals surface area contributed by atoms with Crippen LogP contribution in [0.3, 0.4) is 0 Å². The average Bonchev–Trinajstić information content (AvgIpc) is 3.00. The van der Waals surface area contributed by atoms with Crippen molar-refractivity contribution in [1.29, 1.82) is 0 Å². The molecular formula is C21H22O6. The molecule has 0 aliphatic heterocycles. The Morgan fingerprint density at radius 2 is 1.74 bits per heavy atom.